The number of nitrogens with one attached hydrogen (secondary N) is 2. The van der Waals surface area contributed by atoms with Gasteiger partial charge in [-0.05, 0) is 18.9 Å². The van der Waals surface area contributed by atoms with Gasteiger partial charge in [0.2, 0.25) is 5.88 Å². The van der Waals surface area contributed by atoms with E-state index in [1.54, 1.807) is 17.4 Å². The van der Waals surface area contributed by atoms with Crippen LogP contribution in [0.4, 0.5) is 13.2 Å². The molecule has 0 unspecified atom stereocenters. The van der Waals surface area contributed by atoms with Crippen LogP contribution in [0.15, 0.2) is 29.5 Å². The van der Waals surface area contributed by atoms with Crippen molar-refractivity contribution >= 4 is 17.3 Å². The van der Waals surface area contributed by atoms with Crippen molar-refractivity contribution in [3.05, 3.63) is 40.0 Å². The number of nitrogens with zero attached hydrogens (tertiary/aromatic N) is 3. The Morgan fingerprint density at radius 1 is 1.19 bits per heavy atom. The van der Waals surface area contributed by atoms with Gasteiger partial charge in [-0.1, -0.05) is 13.0 Å². The zero-order valence-corrected chi connectivity index (χ0v) is 16.0. The molecule has 0 aromatic carbocycles. The van der Waals surface area contributed by atoms with Crippen LogP contribution in [0.25, 0.3) is 0 Å². The second-order valence-electron chi connectivity index (χ2n) is 5.53. The minimum Gasteiger partial charge on any atom is -0.468 e. The molecule has 2 aromatic rings. The fraction of sp³-hybridized carbons (Fsp3) is 0.471. The molecule has 0 atom stereocenters. The second-order valence-corrected chi connectivity index (χ2v) is 6.73. The van der Waals surface area contributed by atoms with E-state index in [1.165, 1.54) is 17.1 Å². The van der Waals surface area contributed by atoms with Crippen LogP contribution >= 0.6 is 11.3 Å². The van der Waals surface area contributed by atoms with E-state index in [-0.39, 0.29) is 5.88 Å². The highest BCUT2D eigenvalue weighted by molar-refractivity contribution is 7.11. The summed E-state index contributed by atoms with van der Waals surface area (Å²) >= 11 is 1.65. The fourth-order valence-corrected chi connectivity index (χ4v) is 2.81. The lowest BCUT2D eigenvalue weighted by Gasteiger charge is -2.10. The maximum Gasteiger partial charge on any atom is 0.422 e. The predicted molar refractivity (Wildman–Crippen MR) is 98.9 cm³/mol. The molecule has 0 aliphatic carbocycles. The van der Waals surface area contributed by atoms with Gasteiger partial charge in [0.1, 0.15) is 5.01 Å². The van der Waals surface area contributed by atoms with Crippen molar-refractivity contribution in [1.82, 2.24) is 20.6 Å². The van der Waals surface area contributed by atoms with Gasteiger partial charge in [0.05, 0.1) is 13.1 Å². The lowest BCUT2D eigenvalue weighted by molar-refractivity contribution is -0.154. The molecule has 0 saturated heterocycles. The third-order valence-corrected chi connectivity index (χ3v) is 4.44. The zero-order valence-electron chi connectivity index (χ0n) is 15.1. The smallest absolute Gasteiger partial charge is 0.422 e. The summed E-state index contributed by atoms with van der Waals surface area (Å²) in [6.45, 7) is 4.29. The van der Waals surface area contributed by atoms with Crippen molar-refractivity contribution in [2.75, 3.05) is 13.2 Å². The van der Waals surface area contributed by atoms with E-state index >= 15 is 0 Å². The molecule has 2 N–H and O–H groups in total. The zero-order chi connectivity index (χ0) is 19.7. The van der Waals surface area contributed by atoms with Crippen molar-refractivity contribution in [3.63, 3.8) is 0 Å². The number of hydrogen-bond donors (Lipinski definition) is 2. The number of aliphatic imine (C=N–C) groups is 1. The summed E-state index contributed by atoms with van der Waals surface area (Å²) in [5, 5.41) is 7.32. The third-order valence-electron chi connectivity index (χ3n) is 3.30. The average molecular weight is 401 g/mol. The molecule has 0 aliphatic rings. The second kappa shape index (κ2) is 10.1. The van der Waals surface area contributed by atoms with Crippen molar-refractivity contribution < 1.29 is 17.9 Å². The van der Waals surface area contributed by atoms with Gasteiger partial charge >= 0.3 is 6.18 Å². The summed E-state index contributed by atoms with van der Waals surface area (Å²) in [5.41, 5.74) is 0.758. The number of thiazole rings is 1. The van der Waals surface area contributed by atoms with E-state index in [1.807, 2.05) is 13.1 Å². The van der Waals surface area contributed by atoms with E-state index in [2.05, 4.69) is 37.3 Å². The molecular formula is C17H22F3N5OS. The van der Waals surface area contributed by atoms with E-state index in [4.69, 9.17) is 0 Å². The number of aryl methyl sites for hydroxylation is 1. The van der Waals surface area contributed by atoms with Gasteiger partial charge in [0.25, 0.3) is 0 Å². The van der Waals surface area contributed by atoms with Crippen LogP contribution in [0.5, 0.6) is 5.88 Å². The lowest BCUT2D eigenvalue weighted by Crippen LogP contribution is -2.36. The number of guanidine groups is 1. The molecule has 148 valence electrons. The molecule has 0 bridgehead atoms. The standard InChI is InChI=1S/C17H22F3N5OS/c1-3-13-9-23-15(27-13)10-25-16(21-4-2)24-8-12-5-6-14(22-7-12)26-11-17(18,19)20/h5-7,9H,3-4,8,10-11H2,1-2H3,(H2,21,24,25). The molecule has 10 heteroatoms. The largest absolute Gasteiger partial charge is 0.468 e. The normalized spacial score (nSPS) is 12.1. The average Bonchev–Trinajstić information content (AvgIpc) is 3.10. The maximum absolute atomic E-state index is 12.1. The first-order valence-electron chi connectivity index (χ1n) is 8.50. The Hall–Kier alpha value is -2.36. The van der Waals surface area contributed by atoms with Crippen LogP contribution in [0, 0.1) is 0 Å². The van der Waals surface area contributed by atoms with Gasteiger partial charge < -0.3 is 15.4 Å². The van der Waals surface area contributed by atoms with Crippen molar-refractivity contribution in [2.45, 2.75) is 39.5 Å². The molecule has 2 heterocycles. The van der Waals surface area contributed by atoms with E-state index in [0.717, 1.165) is 17.0 Å². The van der Waals surface area contributed by atoms with Crippen LogP contribution < -0.4 is 15.4 Å². The Morgan fingerprint density at radius 3 is 2.59 bits per heavy atom. The summed E-state index contributed by atoms with van der Waals surface area (Å²) in [6, 6.07) is 3.04. The highest BCUT2D eigenvalue weighted by Crippen LogP contribution is 2.17. The van der Waals surface area contributed by atoms with Gasteiger partial charge in [0.15, 0.2) is 12.6 Å². The molecule has 0 fully saturated rings. The summed E-state index contributed by atoms with van der Waals surface area (Å²) in [4.78, 5) is 13.9. The molecular weight excluding hydrogens is 379 g/mol. The Morgan fingerprint density at radius 2 is 2.00 bits per heavy atom. The molecule has 2 aromatic heterocycles. The topological polar surface area (TPSA) is 71.4 Å². The first kappa shape index (κ1) is 20.9. The molecule has 0 aliphatic heterocycles. The Bertz CT molecular complexity index is 731. The number of rotatable bonds is 8. The van der Waals surface area contributed by atoms with Gasteiger partial charge in [-0.2, -0.15) is 13.2 Å². The van der Waals surface area contributed by atoms with E-state index < -0.39 is 12.8 Å². The molecule has 27 heavy (non-hydrogen) atoms. The highest BCUT2D eigenvalue weighted by Gasteiger charge is 2.28. The van der Waals surface area contributed by atoms with Crippen molar-refractivity contribution in [2.24, 2.45) is 4.99 Å². The molecule has 0 saturated carbocycles. The van der Waals surface area contributed by atoms with Crippen LogP contribution in [0.1, 0.15) is 29.3 Å². The van der Waals surface area contributed by atoms with Gasteiger partial charge in [-0.3, -0.25) is 0 Å². The van der Waals surface area contributed by atoms with Gasteiger partial charge in [-0.25, -0.2) is 15.0 Å². The number of alkyl halides is 3. The molecule has 0 spiro atoms. The predicted octanol–water partition coefficient (Wildman–Crippen LogP) is 3.30. The maximum atomic E-state index is 12.1. The van der Waals surface area contributed by atoms with Crippen molar-refractivity contribution in [1.29, 1.82) is 0 Å². The van der Waals surface area contributed by atoms with Gasteiger partial charge in [-0.15, -0.1) is 11.3 Å². The Balaban J connectivity index is 1.89. The molecule has 0 radical (unpaired) electrons. The summed E-state index contributed by atoms with van der Waals surface area (Å²) in [5.74, 6) is 0.559. The van der Waals surface area contributed by atoms with Crippen LogP contribution in [-0.2, 0) is 19.5 Å². The van der Waals surface area contributed by atoms with Crippen LogP contribution in [-0.4, -0.2) is 35.3 Å². The number of aromatic nitrogens is 2. The van der Waals surface area contributed by atoms with Crippen LogP contribution in [0.2, 0.25) is 0 Å². The minimum absolute atomic E-state index is 0.0689. The SMILES string of the molecule is CCNC(=NCc1ccc(OCC(F)(F)F)nc1)NCc1ncc(CC)s1. The van der Waals surface area contributed by atoms with E-state index in [9.17, 15) is 13.2 Å². The molecule has 6 nitrogen and oxygen atoms in total. The summed E-state index contributed by atoms with van der Waals surface area (Å²) in [7, 11) is 0. The van der Waals surface area contributed by atoms with Gasteiger partial charge in [0, 0.05) is 29.9 Å². The quantitative estimate of drug-likeness (QED) is 0.525. The van der Waals surface area contributed by atoms with Crippen molar-refractivity contribution in [3.8, 4) is 5.88 Å². The fourth-order valence-electron chi connectivity index (χ4n) is 2.01. The Labute approximate surface area is 159 Å². The highest BCUT2D eigenvalue weighted by atomic mass is 32.1. The molecule has 2 rings (SSSR count). The lowest BCUT2D eigenvalue weighted by atomic mass is 10.3. The number of hydrogen-bond acceptors (Lipinski definition) is 5. The summed E-state index contributed by atoms with van der Waals surface area (Å²) in [6.07, 6.45) is -0.0964. The number of ether oxygens (including phenoxy) is 1. The summed E-state index contributed by atoms with van der Waals surface area (Å²) < 4.78 is 41.0. The molecule has 0 amide bonds. The number of halogens is 3. The van der Waals surface area contributed by atoms with E-state index in [0.29, 0.717) is 25.6 Å². The monoisotopic (exact) mass is 401 g/mol. The number of pyridine rings is 1. The van der Waals surface area contributed by atoms with Crippen LogP contribution in [0.3, 0.4) is 0 Å². The third kappa shape index (κ3) is 7.81. The minimum atomic E-state index is -4.38. The Kier molecular flexibility index (Phi) is 7.83. The first-order valence-corrected chi connectivity index (χ1v) is 9.31. The first-order chi connectivity index (χ1) is 12.9.